The lowest BCUT2D eigenvalue weighted by Gasteiger charge is -2.29. The maximum atomic E-state index is 13.9. The minimum absolute atomic E-state index is 0.126. The molecule has 4 atom stereocenters. The highest BCUT2D eigenvalue weighted by Crippen LogP contribution is 2.54. The molecule has 9 heteroatoms. The van der Waals surface area contributed by atoms with Gasteiger partial charge in [0, 0.05) is 17.3 Å². The molecule has 2 N–H and O–H groups in total. The van der Waals surface area contributed by atoms with E-state index < -0.39 is 35.2 Å². The molecule has 2 aromatic rings. The molecule has 0 bridgehead atoms. The maximum absolute atomic E-state index is 13.9. The summed E-state index contributed by atoms with van der Waals surface area (Å²) >= 11 is 1.64. The van der Waals surface area contributed by atoms with Gasteiger partial charge in [-0.1, -0.05) is 30.3 Å². The number of imide groups is 1. The number of anilines is 2. The number of nitrogens with one attached hydrogen (secondary N) is 2. The molecule has 2 aromatic carbocycles. The van der Waals surface area contributed by atoms with Crippen molar-refractivity contribution in [3.8, 4) is 0 Å². The van der Waals surface area contributed by atoms with Crippen LogP contribution in [0.4, 0.5) is 11.4 Å². The molecule has 0 aromatic heterocycles. The van der Waals surface area contributed by atoms with Crippen LogP contribution in [0.2, 0.25) is 0 Å². The minimum atomic E-state index is -1.34. The first-order chi connectivity index (χ1) is 16.0. The Hall–Kier alpha value is -3.17. The molecule has 1 spiro atoms. The van der Waals surface area contributed by atoms with Gasteiger partial charge in [-0.3, -0.25) is 19.7 Å². The van der Waals surface area contributed by atoms with Crippen LogP contribution < -0.4 is 15.5 Å². The van der Waals surface area contributed by atoms with Gasteiger partial charge >= 0.3 is 5.97 Å². The number of thioether (sulfide) groups is 1. The molecule has 3 aliphatic heterocycles. The fourth-order valence-electron chi connectivity index (χ4n) is 5.44. The summed E-state index contributed by atoms with van der Waals surface area (Å²) in [5, 5.41) is 6.29. The summed E-state index contributed by atoms with van der Waals surface area (Å²) in [4.78, 5) is 54.5. The molecule has 2 fully saturated rings. The smallest absolute Gasteiger partial charge is 0.339 e. The number of carbonyl (C=O) groups is 4. The Morgan fingerprint density at radius 1 is 1.09 bits per heavy atom. The molecule has 0 unspecified atom stereocenters. The van der Waals surface area contributed by atoms with Gasteiger partial charge < -0.3 is 10.1 Å². The molecule has 0 radical (unpaired) electrons. The van der Waals surface area contributed by atoms with Crippen LogP contribution in [-0.2, 0) is 24.7 Å². The number of benzene rings is 2. The van der Waals surface area contributed by atoms with Gasteiger partial charge in [0.25, 0.3) is 0 Å². The monoisotopic (exact) mass is 465 g/mol. The van der Waals surface area contributed by atoms with Gasteiger partial charge in [-0.15, -0.1) is 0 Å². The zero-order valence-corrected chi connectivity index (χ0v) is 19.0. The highest BCUT2D eigenvalue weighted by atomic mass is 32.2. The third-order valence-electron chi connectivity index (χ3n) is 6.81. The zero-order chi connectivity index (χ0) is 23.3. The van der Waals surface area contributed by atoms with Crippen molar-refractivity contribution in [2.45, 2.75) is 18.0 Å². The predicted molar refractivity (Wildman–Crippen MR) is 124 cm³/mol. The first-order valence-electron chi connectivity index (χ1n) is 10.7. The van der Waals surface area contributed by atoms with Crippen molar-refractivity contribution in [2.24, 2.45) is 11.8 Å². The number of nitrogens with zero attached hydrogens (tertiary/aromatic N) is 1. The first-order valence-corrected chi connectivity index (χ1v) is 12.1. The van der Waals surface area contributed by atoms with E-state index in [1.807, 2.05) is 24.5 Å². The molecular weight excluding hydrogens is 442 g/mol. The minimum Gasteiger partial charge on any atom is -0.465 e. The quantitative estimate of drug-likeness (QED) is 0.515. The lowest BCUT2D eigenvalue weighted by atomic mass is 9.76. The van der Waals surface area contributed by atoms with E-state index in [-0.39, 0.29) is 23.2 Å². The number of methoxy groups -OCH3 is 1. The molecule has 33 heavy (non-hydrogen) atoms. The molecule has 3 amide bonds. The highest BCUT2D eigenvalue weighted by molar-refractivity contribution is 7.98. The summed E-state index contributed by atoms with van der Waals surface area (Å²) < 4.78 is 4.86. The summed E-state index contributed by atoms with van der Waals surface area (Å²) in [6, 6.07) is 13.3. The molecule has 3 heterocycles. The summed E-state index contributed by atoms with van der Waals surface area (Å²) in [6.07, 6.45) is 2.59. The number of rotatable bonds is 5. The van der Waals surface area contributed by atoms with E-state index >= 15 is 0 Å². The van der Waals surface area contributed by atoms with Gasteiger partial charge in [-0.2, -0.15) is 11.8 Å². The van der Waals surface area contributed by atoms with Crippen LogP contribution in [-0.4, -0.2) is 48.9 Å². The van der Waals surface area contributed by atoms with Crippen molar-refractivity contribution in [1.29, 1.82) is 0 Å². The number of carbonyl (C=O) groups excluding carboxylic acids is 4. The molecule has 0 aliphatic carbocycles. The number of ether oxygens (including phenoxy) is 1. The van der Waals surface area contributed by atoms with Gasteiger partial charge in [0.1, 0.15) is 5.54 Å². The molecule has 0 saturated carbocycles. The molecule has 5 rings (SSSR count). The van der Waals surface area contributed by atoms with Gasteiger partial charge in [0.15, 0.2) is 0 Å². The van der Waals surface area contributed by atoms with Crippen molar-refractivity contribution in [3.63, 3.8) is 0 Å². The summed E-state index contributed by atoms with van der Waals surface area (Å²) in [6.45, 7) is 0. The first kappa shape index (κ1) is 21.7. The second-order valence-electron chi connectivity index (χ2n) is 8.36. The van der Waals surface area contributed by atoms with E-state index in [4.69, 9.17) is 4.74 Å². The number of esters is 1. The van der Waals surface area contributed by atoms with Crippen LogP contribution in [0.25, 0.3) is 0 Å². The molecule has 3 aliphatic rings. The van der Waals surface area contributed by atoms with Gasteiger partial charge in [0.2, 0.25) is 17.7 Å². The van der Waals surface area contributed by atoms with E-state index in [0.717, 1.165) is 10.7 Å². The van der Waals surface area contributed by atoms with Crippen molar-refractivity contribution < 1.29 is 23.9 Å². The summed E-state index contributed by atoms with van der Waals surface area (Å²) in [5.41, 5.74) is 0.264. The largest absolute Gasteiger partial charge is 0.465 e. The van der Waals surface area contributed by atoms with Crippen LogP contribution in [0.3, 0.4) is 0 Å². The Morgan fingerprint density at radius 2 is 1.82 bits per heavy atom. The van der Waals surface area contributed by atoms with Gasteiger partial charge in [0.05, 0.1) is 30.2 Å². The Morgan fingerprint density at radius 3 is 2.58 bits per heavy atom. The highest BCUT2D eigenvalue weighted by Gasteiger charge is 2.70. The average Bonchev–Trinajstić information content (AvgIpc) is 3.41. The Bertz CT molecular complexity index is 1180. The number of fused-ring (bicyclic) bond motifs is 4. The van der Waals surface area contributed by atoms with Crippen molar-refractivity contribution in [3.05, 3.63) is 59.7 Å². The number of para-hydroxylation sites is 2. The van der Waals surface area contributed by atoms with Crippen LogP contribution in [0.1, 0.15) is 22.3 Å². The van der Waals surface area contributed by atoms with Crippen molar-refractivity contribution in [2.75, 3.05) is 29.3 Å². The average molecular weight is 466 g/mol. The lowest BCUT2D eigenvalue weighted by Crippen LogP contribution is -2.53. The standard InChI is InChI=1S/C24H23N3O5S/c1-32-22(30)13-7-3-6-10-17(13)27-20(28)18-16(11-12-33-2)26-24(19(18)21(27)29)14-8-4-5-9-15(14)25-23(24)31/h3-10,16,18-19,26H,11-12H2,1-2H3,(H,25,31)/t16-,18+,19-,24-/m0/s1. The number of amides is 3. The maximum Gasteiger partial charge on any atom is 0.339 e. The predicted octanol–water partition coefficient (Wildman–Crippen LogP) is 2.15. The fraction of sp³-hybridized carbons (Fsp3) is 0.333. The molecule has 170 valence electrons. The molecule has 2 saturated heterocycles. The topological polar surface area (TPSA) is 105 Å². The van der Waals surface area contributed by atoms with Crippen LogP contribution >= 0.6 is 11.8 Å². The van der Waals surface area contributed by atoms with E-state index in [0.29, 0.717) is 17.7 Å². The van der Waals surface area contributed by atoms with E-state index in [2.05, 4.69) is 10.6 Å². The second kappa shape index (κ2) is 8.00. The van der Waals surface area contributed by atoms with Crippen molar-refractivity contribution >= 4 is 46.8 Å². The second-order valence-corrected chi connectivity index (χ2v) is 9.35. The van der Waals surface area contributed by atoms with Gasteiger partial charge in [-0.05, 0) is 36.6 Å². The van der Waals surface area contributed by atoms with Crippen LogP contribution in [0.5, 0.6) is 0 Å². The lowest BCUT2D eigenvalue weighted by molar-refractivity contribution is -0.130. The third-order valence-corrected chi connectivity index (χ3v) is 7.45. The Kier molecular flexibility index (Phi) is 5.25. The Labute approximate surface area is 195 Å². The number of hydrogen-bond donors (Lipinski definition) is 2. The fourth-order valence-corrected chi connectivity index (χ4v) is 5.93. The van der Waals surface area contributed by atoms with Crippen LogP contribution in [0, 0.1) is 11.8 Å². The summed E-state index contributed by atoms with van der Waals surface area (Å²) in [5.74, 6) is -2.77. The third kappa shape index (κ3) is 2.95. The van der Waals surface area contributed by atoms with E-state index in [1.165, 1.54) is 13.2 Å². The SMILES string of the molecule is COC(=O)c1ccccc1N1C(=O)[C@@H]2[C@H](CCSC)N[C@]3(C(=O)Nc4ccccc43)[C@@H]2C1=O. The summed E-state index contributed by atoms with van der Waals surface area (Å²) in [7, 11) is 1.25. The number of hydrogen-bond acceptors (Lipinski definition) is 7. The van der Waals surface area contributed by atoms with Crippen LogP contribution in [0.15, 0.2) is 48.5 Å². The van der Waals surface area contributed by atoms with E-state index in [9.17, 15) is 19.2 Å². The molecular formula is C24H23N3O5S. The Balaban J connectivity index is 1.66. The van der Waals surface area contributed by atoms with Crippen molar-refractivity contribution in [1.82, 2.24) is 5.32 Å². The molecule has 8 nitrogen and oxygen atoms in total. The van der Waals surface area contributed by atoms with E-state index in [1.54, 1.807) is 36.0 Å². The van der Waals surface area contributed by atoms with Gasteiger partial charge in [-0.25, -0.2) is 9.69 Å². The normalized spacial score (nSPS) is 27.6. The zero-order valence-electron chi connectivity index (χ0n) is 18.2.